The van der Waals surface area contributed by atoms with Gasteiger partial charge in [0.15, 0.2) is 0 Å². The molecule has 3 rings (SSSR count). The highest BCUT2D eigenvalue weighted by Gasteiger charge is 2.12. The average molecular weight is 348 g/mol. The molecule has 26 heavy (non-hydrogen) atoms. The Kier molecular flexibility index (Phi) is 5.12. The largest absolute Gasteiger partial charge is 0.497 e. The minimum Gasteiger partial charge on any atom is -0.497 e. The van der Waals surface area contributed by atoms with Gasteiger partial charge in [0.1, 0.15) is 11.4 Å². The van der Waals surface area contributed by atoms with E-state index in [1.807, 2.05) is 38.1 Å². The van der Waals surface area contributed by atoms with Gasteiger partial charge in [-0.25, -0.2) is 9.97 Å². The number of carbonyl (C=O) groups is 1. The number of aromatic nitrogens is 2. The number of nitrogens with zero attached hydrogens (tertiary/aromatic N) is 2. The maximum absolute atomic E-state index is 12.5. The fourth-order valence-corrected chi connectivity index (χ4v) is 2.44. The van der Waals surface area contributed by atoms with Crippen LogP contribution in [0.3, 0.4) is 0 Å². The van der Waals surface area contributed by atoms with Crippen LogP contribution in [0, 0.1) is 13.8 Å². The molecule has 0 aliphatic heterocycles. The Balaban J connectivity index is 1.80. The first-order valence-electron chi connectivity index (χ1n) is 8.19. The van der Waals surface area contributed by atoms with Gasteiger partial charge in [-0.3, -0.25) is 4.79 Å². The van der Waals surface area contributed by atoms with Crippen LogP contribution in [0.4, 0.5) is 17.3 Å². The molecule has 0 spiro atoms. The molecule has 2 N–H and O–H groups in total. The van der Waals surface area contributed by atoms with Gasteiger partial charge in [0.2, 0.25) is 5.95 Å². The second-order valence-electron chi connectivity index (χ2n) is 5.84. The van der Waals surface area contributed by atoms with Gasteiger partial charge in [0.25, 0.3) is 5.91 Å². The number of carbonyl (C=O) groups excluding carboxylic acids is 1. The van der Waals surface area contributed by atoms with Crippen molar-refractivity contribution in [3.8, 4) is 5.75 Å². The molecule has 132 valence electrons. The van der Waals surface area contributed by atoms with Crippen molar-refractivity contribution in [1.82, 2.24) is 9.97 Å². The SMILES string of the molecule is COc1ccc(NC(=O)c2cc(C)nc(Nc3ccccc3C)n2)cc1. The predicted molar refractivity (Wildman–Crippen MR) is 102 cm³/mol. The van der Waals surface area contributed by atoms with Gasteiger partial charge in [0, 0.05) is 17.1 Å². The minimum absolute atomic E-state index is 0.296. The van der Waals surface area contributed by atoms with Crippen LogP contribution in [0.2, 0.25) is 0 Å². The fraction of sp³-hybridized carbons (Fsp3) is 0.150. The van der Waals surface area contributed by atoms with Crippen LogP contribution < -0.4 is 15.4 Å². The van der Waals surface area contributed by atoms with Crippen LogP contribution in [-0.2, 0) is 0 Å². The number of hydrogen-bond donors (Lipinski definition) is 2. The monoisotopic (exact) mass is 348 g/mol. The Morgan fingerprint density at radius 1 is 1.00 bits per heavy atom. The number of hydrogen-bond acceptors (Lipinski definition) is 5. The lowest BCUT2D eigenvalue weighted by Crippen LogP contribution is -2.15. The summed E-state index contributed by atoms with van der Waals surface area (Å²) in [5, 5.41) is 6.00. The molecule has 0 bridgehead atoms. The molecule has 0 saturated heterocycles. The van der Waals surface area contributed by atoms with Crippen molar-refractivity contribution in [3.05, 3.63) is 71.5 Å². The van der Waals surface area contributed by atoms with Crippen molar-refractivity contribution in [2.24, 2.45) is 0 Å². The topological polar surface area (TPSA) is 76.1 Å². The van der Waals surface area contributed by atoms with Crippen LogP contribution in [0.1, 0.15) is 21.7 Å². The van der Waals surface area contributed by atoms with Gasteiger partial charge >= 0.3 is 0 Å². The molecule has 0 atom stereocenters. The van der Waals surface area contributed by atoms with E-state index in [1.165, 1.54) is 0 Å². The molecule has 0 aliphatic carbocycles. The van der Waals surface area contributed by atoms with Gasteiger partial charge in [0.05, 0.1) is 7.11 Å². The number of aryl methyl sites for hydroxylation is 2. The number of para-hydroxylation sites is 1. The van der Waals surface area contributed by atoms with E-state index in [2.05, 4.69) is 20.6 Å². The zero-order valence-electron chi connectivity index (χ0n) is 14.9. The van der Waals surface area contributed by atoms with E-state index in [9.17, 15) is 4.79 Å². The van der Waals surface area contributed by atoms with E-state index in [4.69, 9.17) is 4.74 Å². The molecule has 6 nitrogen and oxygen atoms in total. The highest BCUT2D eigenvalue weighted by atomic mass is 16.5. The first kappa shape index (κ1) is 17.4. The van der Waals surface area contributed by atoms with Crippen LogP contribution in [0.5, 0.6) is 5.75 Å². The summed E-state index contributed by atoms with van der Waals surface area (Å²) in [6.45, 7) is 3.82. The summed E-state index contributed by atoms with van der Waals surface area (Å²) in [7, 11) is 1.60. The lowest BCUT2D eigenvalue weighted by Gasteiger charge is -2.10. The molecule has 0 saturated carbocycles. The Morgan fingerprint density at radius 2 is 1.73 bits per heavy atom. The number of rotatable bonds is 5. The van der Waals surface area contributed by atoms with Crippen LogP contribution in [0.25, 0.3) is 0 Å². The van der Waals surface area contributed by atoms with E-state index < -0.39 is 0 Å². The van der Waals surface area contributed by atoms with Gasteiger partial charge in [-0.2, -0.15) is 0 Å². The Labute approximate surface area is 152 Å². The normalized spacial score (nSPS) is 10.3. The quantitative estimate of drug-likeness (QED) is 0.726. The summed E-state index contributed by atoms with van der Waals surface area (Å²) in [6.07, 6.45) is 0. The van der Waals surface area contributed by atoms with E-state index in [1.54, 1.807) is 37.4 Å². The molecule has 0 unspecified atom stereocenters. The molecule has 0 fully saturated rings. The zero-order chi connectivity index (χ0) is 18.5. The standard InChI is InChI=1S/C20H20N4O2/c1-13-6-4-5-7-17(13)23-20-21-14(2)12-18(24-20)19(25)22-15-8-10-16(26-3)11-9-15/h4-12H,1-3H3,(H,22,25)(H,21,23,24). The maximum Gasteiger partial charge on any atom is 0.274 e. The van der Waals surface area contributed by atoms with Gasteiger partial charge < -0.3 is 15.4 Å². The molecule has 3 aromatic rings. The molecule has 1 amide bonds. The smallest absolute Gasteiger partial charge is 0.274 e. The third kappa shape index (κ3) is 4.16. The highest BCUT2D eigenvalue weighted by molar-refractivity contribution is 6.03. The van der Waals surface area contributed by atoms with Crippen LogP contribution in [-0.4, -0.2) is 23.0 Å². The van der Waals surface area contributed by atoms with Crippen molar-refractivity contribution in [1.29, 1.82) is 0 Å². The van der Waals surface area contributed by atoms with Crippen molar-refractivity contribution < 1.29 is 9.53 Å². The second-order valence-corrected chi connectivity index (χ2v) is 5.84. The Hall–Kier alpha value is -3.41. The zero-order valence-corrected chi connectivity index (χ0v) is 14.9. The van der Waals surface area contributed by atoms with Gasteiger partial charge in [-0.15, -0.1) is 0 Å². The number of methoxy groups -OCH3 is 1. The molecular weight excluding hydrogens is 328 g/mol. The molecule has 1 aromatic heterocycles. The van der Waals surface area contributed by atoms with E-state index in [0.717, 1.165) is 17.0 Å². The van der Waals surface area contributed by atoms with Crippen molar-refractivity contribution in [2.75, 3.05) is 17.7 Å². The van der Waals surface area contributed by atoms with E-state index in [-0.39, 0.29) is 5.91 Å². The lowest BCUT2D eigenvalue weighted by molar-refractivity contribution is 0.102. The lowest BCUT2D eigenvalue weighted by atomic mass is 10.2. The number of ether oxygens (including phenoxy) is 1. The van der Waals surface area contributed by atoms with E-state index in [0.29, 0.717) is 23.0 Å². The molecule has 2 aromatic carbocycles. The number of amides is 1. The number of nitrogens with one attached hydrogen (secondary N) is 2. The van der Waals surface area contributed by atoms with Crippen LogP contribution in [0.15, 0.2) is 54.6 Å². The first-order valence-corrected chi connectivity index (χ1v) is 8.19. The van der Waals surface area contributed by atoms with Crippen molar-refractivity contribution in [3.63, 3.8) is 0 Å². The molecule has 1 heterocycles. The third-order valence-corrected chi connectivity index (χ3v) is 3.83. The summed E-state index contributed by atoms with van der Waals surface area (Å²) in [6, 6.07) is 16.6. The average Bonchev–Trinajstić information content (AvgIpc) is 2.64. The van der Waals surface area contributed by atoms with E-state index >= 15 is 0 Å². The first-order chi connectivity index (χ1) is 12.5. The molecule has 0 aliphatic rings. The Morgan fingerprint density at radius 3 is 2.42 bits per heavy atom. The molecule has 6 heteroatoms. The number of benzene rings is 2. The summed E-state index contributed by atoms with van der Waals surface area (Å²) in [4.78, 5) is 21.2. The van der Waals surface area contributed by atoms with Crippen molar-refractivity contribution in [2.45, 2.75) is 13.8 Å². The van der Waals surface area contributed by atoms with Crippen LogP contribution >= 0.6 is 0 Å². The van der Waals surface area contributed by atoms with Gasteiger partial charge in [-0.1, -0.05) is 18.2 Å². The fourth-order valence-electron chi connectivity index (χ4n) is 2.44. The Bertz CT molecular complexity index is 923. The molecular formula is C20H20N4O2. The summed E-state index contributed by atoms with van der Waals surface area (Å²) < 4.78 is 5.11. The number of anilines is 3. The summed E-state index contributed by atoms with van der Waals surface area (Å²) in [5.41, 5.74) is 3.64. The highest BCUT2D eigenvalue weighted by Crippen LogP contribution is 2.19. The maximum atomic E-state index is 12.5. The second kappa shape index (κ2) is 7.65. The molecule has 0 radical (unpaired) electrons. The minimum atomic E-state index is -0.298. The third-order valence-electron chi connectivity index (χ3n) is 3.83. The van der Waals surface area contributed by atoms with Crippen molar-refractivity contribution >= 4 is 23.2 Å². The predicted octanol–water partition coefficient (Wildman–Crippen LogP) is 4.10. The summed E-state index contributed by atoms with van der Waals surface area (Å²) in [5.74, 6) is 0.818. The van der Waals surface area contributed by atoms with Gasteiger partial charge in [-0.05, 0) is 55.8 Å². The summed E-state index contributed by atoms with van der Waals surface area (Å²) >= 11 is 0.